The molecule has 0 fully saturated rings. The zero-order valence-electron chi connectivity index (χ0n) is 8.85. The zero-order valence-corrected chi connectivity index (χ0v) is 8.85. The molecule has 0 amide bonds. The van der Waals surface area contributed by atoms with E-state index in [9.17, 15) is 4.79 Å². The fourth-order valence-corrected chi connectivity index (χ4v) is 0.856. The third-order valence-electron chi connectivity index (χ3n) is 1.90. The molecule has 0 rings (SSSR count). The second-order valence-electron chi connectivity index (χ2n) is 2.87. The molecule has 3 nitrogen and oxygen atoms in total. The normalized spacial score (nSPS) is 12.3. The van der Waals surface area contributed by atoms with Gasteiger partial charge in [-0.1, -0.05) is 5.57 Å². The first kappa shape index (κ1) is 12.2. The number of hydrogen-bond acceptors (Lipinski definition) is 3. The van der Waals surface area contributed by atoms with Crippen LogP contribution in [-0.4, -0.2) is 26.3 Å². The average Bonchev–Trinajstić information content (AvgIpc) is 2.13. The van der Waals surface area contributed by atoms with E-state index in [1.54, 1.807) is 21.0 Å². The van der Waals surface area contributed by atoms with Crippen LogP contribution in [0.4, 0.5) is 0 Å². The van der Waals surface area contributed by atoms with Crippen molar-refractivity contribution < 1.29 is 14.3 Å². The van der Waals surface area contributed by atoms with Crippen LogP contribution in [-0.2, 0) is 14.3 Å². The van der Waals surface area contributed by atoms with Crippen molar-refractivity contribution in [3.63, 3.8) is 0 Å². The molecular weight excluding hydrogens is 168 g/mol. The SMILES string of the molecule is CCOC(=O)C(C)=C(C)CCOC. The fraction of sp³-hybridized carbons (Fsp3) is 0.700. The molecular formula is C10H18O3. The lowest BCUT2D eigenvalue weighted by Crippen LogP contribution is -2.07. The number of ether oxygens (including phenoxy) is 2. The van der Waals surface area contributed by atoms with E-state index in [4.69, 9.17) is 9.47 Å². The van der Waals surface area contributed by atoms with Gasteiger partial charge in [0.05, 0.1) is 6.61 Å². The van der Waals surface area contributed by atoms with Crippen LogP contribution >= 0.6 is 0 Å². The van der Waals surface area contributed by atoms with Gasteiger partial charge in [-0.3, -0.25) is 0 Å². The minimum Gasteiger partial charge on any atom is -0.463 e. The summed E-state index contributed by atoms with van der Waals surface area (Å²) >= 11 is 0. The van der Waals surface area contributed by atoms with Crippen molar-refractivity contribution in [2.75, 3.05) is 20.3 Å². The van der Waals surface area contributed by atoms with E-state index in [-0.39, 0.29) is 5.97 Å². The Kier molecular flexibility index (Phi) is 6.24. The monoisotopic (exact) mass is 186 g/mol. The lowest BCUT2D eigenvalue weighted by Gasteiger charge is -2.06. The van der Waals surface area contributed by atoms with Crippen molar-refractivity contribution in [2.24, 2.45) is 0 Å². The first-order chi connectivity index (χ1) is 6.13. The molecule has 76 valence electrons. The summed E-state index contributed by atoms with van der Waals surface area (Å²) < 4.78 is 9.78. The maximum Gasteiger partial charge on any atom is 0.333 e. The third-order valence-corrected chi connectivity index (χ3v) is 1.90. The van der Waals surface area contributed by atoms with Crippen LogP contribution in [0.25, 0.3) is 0 Å². The Morgan fingerprint density at radius 1 is 1.31 bits per heavy atom. The van der Waals surface area contributed by atoms with Crippen LogP contribution in [0.15, 0.2) is 11.1 Å². The van der Waals surface area contributed by atoms with Crippen molar-refractivity contribution >= 4 is 5.97 Å². The van der Waals surface area contributed by atoms with E-state index >= 15 is 0 Å². The molecule has 0 aliphatic carbocycles. The molecule has 0 unspecified atom stereocenters. The van der Waals surface area contributed by atoms with Crippen molar-refractivity contribution in [2.45, 2.75) is 27.2 Å². The zero-order chi connectivity index (χ0) is 10.3. The van der Waals surface area contributed by atoms with Gasteiger partial charge in [-0.05, 0) is 27.2 Å². The average molecular weight is 186 g/mol. The maximum atomic E-state index is 11.2. The standard InChI is InChI=1S/C10H18O3/c1-5-13-10(11)9(3)8(2)6-7-12-4/h5-7H2,1-4H3. The number of hydrogen-bond donors (Lipinski definition) is 0. The van der Waals surface area contributed by atoms with Gasteiger partial charge < -0.3 is 9.47 Å². The summed E-state index contributed by atoms with van der Waals surface area (Å²) in [5, 5.41) is 0. The molecule has 0 spiro atoms. The molecule has 13 heavy (non-hydrogen) atoms. The van der Waals surface area contributed by atoms with E-state index in [1.165, 1.54) is 0 Å². The van der Waals surface area contributed by atoms with Crippen LogP contribution in [0.3, 0.4) is 0 Å². The molecule has 0 N–H and O–H groups in total. The summed E-state index contributed by atoms with van der Waals surface area (Å²) in [6.45, 7) is 6.57. The van der Waals surface area contributed by atoms with Gasteiger partial charge in [0.1, 0.15) is 0 Å². The first-order valence-corrected chi connectivity index (χ1v) is 4.45. The van der Waals surface area contributed by atoms with Crippen LogP contribution < -0.4 is 0 Å². The van der Waals surface area contributed by atoms with Gasteiger partial charge in [-0.15, -0.1) is 0 Å². The fourth-order valence-electron chi connectivity index (χ4n) is 0.856. The Bertz CT molecular complexity index is 194. The van der Waals surface area contributed by atoms with Crippen molar-refractivity contribution in [1.82, 2.24) is 0 Å². The number of carbonyl (C=O) groups is 1. The highest BCUT2D eigenvalue weighted by molar-refractivity contribution is 5.88. The topological polar surface area (TPSA) is 35.5 Å². The second kappa shape index (κ2) is 6.66. The van der Waals surface area contributed by atoms with Gasteiger partial charge in [-0.2, -0.15) is 0 Å². The molecule has 0 heterocycles. The molecule has 0 aromatic carbocycles. The lowest BCUT2D eigenvalue weighted by molar-refractivity contribution is -0.138. The van der Waals surface area contributed by atoms with Gasteiger partial charge in [0, 0.05) is 19.3 Å². The molecule has 0 radical (unpaired) electrons. The van der Waals surface area contributed by atoms with Crippen molar-refractivity contribution in [1.29, 1.82) is 0 Å². The van der Waals surface area contributed by atoms with Crippen molar-refractivity contribution in [3.8, 4) is 0 Å². The predicted molar refractivity (Wildman–Crippen MR) is 51.5 cm³/mol. The summed E-state index contributed by atoms with van der Waals surface area (Å²) in [5.41, 5.74) is 1.72. The Labute approximate surface area is 79.7 Å². The highest BCUT2D eigenvalue weighted by Crippen LogP contribution is 2.09. The Morgan fingerprint density at radius 2 is 1.92 bits per heavy atom. The van der Waals surface area contributed by atoms with E-state index in [0.29, 0.717) is 18.8 Å². The number of carbonyl (C=O) groups excluding carboxylic acids is 1. The summed E-state index contributed by atoms with van der Waals surface area (Å²) in [7, 11) is 1.65. The Morgan fingerprint density at radius 3 is 2.38 bits per heavy atom. The molecule has 0 saturated carbocycles. The molecule has 0 bridgehead atoms. The molecule has 0 saturated heterocycles. The van der Waals surface area contributed by atoms with Crippen LogP contribution in [0.1, 0.15) is 27.2 Å². The lowest BCUT2D eigenvalue weighted by atomic mass is 10.1. The van der Waals surface area contributed by atoms with Gasteiger partial charge >= 0.3 is 5.97 Å². The first-order valence-electron chi connectivity index (χ1n) is 4.45. The highest BCUT2D eigenvalue weighted by Gasteiger charge is 2.07. The molecule has 0 aromatic rings. The summed E-state index contributed by atoms with van der Waals surface area (Å²) in [4.78, 5) is 11.2. The largest absolute Gasteiger partial charge is 0.463 e. The molecule has 3 heteroatoms. The third kappa shape index (κ3) is 4.68. The minimum atomic E-state index is -0.226. The van der Waals surface area contributed by atoms with Crippen LogP contribution in [0.5, 0.6) is 0 Å². The van der Waals surface area contributed by atoms with Crippen LogP contribution in [0.2, 0.25) is 0 Å². The quantitative estimate of drug-likeness (QED) is 0.486. The number of rotatable bonds is 5. The second-order valence-corrected chi connectivity index (χ2v) is 2.87. The molecule has 0 aromatic heterocycles. The molecule has 0 aliphatic rings. The van der Waals surface area contributed by atoms with Gasteiger partial charge in [-0.25, -0.2) is 4.79 Å². The predicted octanol–water partition coefficient (Wildman–Crippen LogP) is 1.92. The van der Waals surface area contributed by atoms with E-state index in [1.807, 2.05) is 6.92 Å². The highest BCUT2D eigenvalue weighted by atomic mass is 16.5. The number of methoxy groups -OCH3 is 1. The molecule has 0 aliphatic heterocycles. The van der Waals surface area contributed by atoms with Gasteiger partial charge in [0.2, 0.25) is 0 Å². The Balaban J connectivity index is 4.15. The summed E-state index contributed by atoms with van der Waals surface area (Å²) in [6, 6.07) is 0. The van der Waals surface area contributed by atoms with E-state index in [2.05, 4.69) is 0 Å². The van der Waals surface area contributed by atoms with Crippen molar-refractivity contribution in [3.05, 3.63) is 11.1 Å². The van der Waals surface area contributed by atoms with Gasteiger partial charge in [0.25, 0.3) is 0 Å². The minimum absolute atomic E-state index is 0.226. The maximum absolute atomic E-state index is 11.2. The van der Waals surface area contributed by atoms with E-state index < -0.39 is 0 Å². The number of esters is 1. The smallest absolute Gasteiger partial charge is 0.333 e. The Hall–Kier alpha value is -0.830. The summed E-state index contributed by atoms with van der Waals surface area (Å²) in [6.07, 6.45) is 0.779. The summed E-state index contributed by atoms with van der Waals surface area (Å²) in [5.74, 6) is -0.226. The van der Waals surface area contributed by atoms with Gasteiger partial charge in [0.15, 0.2) is 0 Å². The molecule has 0 atom stereocenters. The van der Waals surface area contributed by atoms with E-state index in [0.717, 1.165) is 12.0 Å². The van der Waals surface area contributed by atoms with Crippen LogP contribution in [0, 0.1) is 0 Å².